The Morgan fingerprint density at radius 1 is 1.24 bits per heavy atom. The molecule has 0 spiro atoms. The Labute approximate surface area is 125 Å². The number of anilines is 1. The minimum atomic E-state index is 0.419. The lowest BCUT2D eigenvalue weighted by atomic mass is 9.83. The van der Waals surface area contributed by atoms with E-state index in [1.54, 1.807) is 7.11 Å². The number of hydrogen-bond acceptors (Lipinski definition) is 4. The van der Waals surface area contributed by atoms with Gasteiger partial charge in [0.1, 0.15) is 5.52 Å². The fourth-order valence-electron chi connectivity index (χ4n) is 3.55. The Bertz CT molecular complexity index is 614. The Hall–Kier alpha value is -1.78. The number of ether oxygens (including phenoxy) is 1. The highest BCUT2D eigenvalue weighted by Crippen LogP contribution is 2.37. The quantitative estimate of drug-likeness (QED) is 0.934. The first-order valence-electron chi connectivity index (χ1n) is 7.91. The van der Waals surface area contributed by atoms with E-state index in [1.807, 2.05) is 12.1 Å². The molecule has 2 N–H and O–H groups in total. The molecular formula is C16H24N4O. The maximum Gasteiger partial charge on any atom is 0.215 e. The van der Waals surface area contributed by atoms with Crippen LogP contribution in [0.15, 0.2) is 12.1 Å². The summed E-state index contributed by atoms with van der Waals surface area (Å²) in [5.41, 5.74) is 7.84. The number of fused-ring (bicyclic) bond motifs is 1. The Morgan fingerprint density at radius 3 is 2.67 bits per heavy atom. The van der Waals surface area contributed by atoms with Crippen molar-refractivity contribution in [3.8, 4) is 5.88 Å². The van der Waals surface area contributed by atoms with Gasteiger partial charge in [-0.3, -0.25) is 4.57 Å². The van der Waals surface area contributed by atoms with Crippen molar-refractivity contribution in [3.63, 3.8) is 0 Å². The lowest BCUT2D eigenvalue weighted by Crippen LogP contribution is -2.19. The molecule has 114 valence electrons. The van der Waals surface area contributed by atoms with E-state index in [0.29, 0.717) is 17.9 Å². The van der Waals surface area contributed by atoms with E-state index in [4.69, 9.17) is 10.5 Å². The van der Waals surface area contributed by atoms with Gasteiger partial charge in [0.15, 0.2) is 5.65 Å². The third-order valence-electron chi connectivity index (χ3n) is 4.63. The summed E-state index contributed by atoms with van der Waals surface area (Å²) in [6, 6.07) is 4.18. The molecule has 0 aromatic carbocycles. The van der Waals surface area contributed by atoms with Gasteiger partial charge in [-0.15, -0.1) is 0 Å². The summed E-state index contributed by atoms with van der Waals surface area (Å²) >= 11 is 0. The van der Waals surface area contributed by atoms with Crippen LogP contribution >= 0.6 is 0 Å². The molecule has 0 saturated heterocycles. The van der Waals surface area contributed by atoms with Crippen LogP contribution in [-0.2, 0) is 0 Å². The lowest BCUT2D eigenvalue weighted by Gasteiger charge is -2.29. The van der Waals surface area contributed by atoms with Gasteiger partial charge in [-0.1, -0.05) is 19.8 Å². The molecule has 1 fully saturated rings. The number of imidazole rings is 1. The van der Waals surface area contributed by atoms with Gasteiger partial charge >= 0.3 is 0 Å². The lowest BCUT2D eigenvalue weighted by molar-refractivity contribution is 0.267. The first-order chi connectivity index (χ1) is 10.2. The third-order valence-corrected chi connectivity index (χ3v) is 4.63. The van der Waals surface area contributed by atoms with Crippen LogP contribution in [0.25, 0.3) is 11.2 Å². The zero-order valence-corrected chi connectivity index (χ0v) is 12.9. The summed E-state index contributed by atoms with van der Waals surface area (Å²) in [5.74, 6) is 2.07. The normalized spacial score (nSPS) is 22.6. The Kier molecular flexibility index (Phi) is 3.99. The largest absolute Gasteiger partial charge is 0.481 e. The van der Waals surface area contributed by atoms with Crippen molar-refractivity contribution in [2.45, 2.75) is 51.5 Å². The molecule has 2 aromatic rings. The average Bonchev–Trinajstić information content (AvgIpc) is 2.83. The van der Waals surface area contributed by atoms with Crippen LogP contribution in [0.3, 0.4) is 0 Å². The number of nitrogens with two attached hydrogens (primary N) is 1. The number of nitrogen functional groups attached to an aromatic ring is 1. The standard InChI is InChI=1S/C16H24N4O/c1-3-4-11-5-7-12(8-6-11)20-15-13(18-16(20)17)9-10-14(19-15)21-2/h9-12H,3-8H2,1-2H3,(H2,17,18). The van der Waals surface area contributed by atoms with Gasteiger partial charge in [0.05, 0.1) is 7.11 Å². The molecule has 1 aliphatic rings. The minimum Gasteiger partial charge on any atom is -0.481 e. The summed E-state index contributed by atoms with van der Waals surface area (Å²) in [6.45, 7) is 2.27. The average molecular weight is 288 g/mol. The first kappa shape index (κ1) is 14.2. The van der Waals surface area contributed by atoms with Crippen molar-refractivity contribution >= 4 is 17.1 Å². The van der Waals surface area contributed by atoms with E-state index in [2.05, 4.69) is 21.5 Å². The number of nitrogens with zero attached hydrogens (tertiary/aromatic N) is 3. The zero-order chi connectivity index (χ0) is 14.8. The number of pyridine rings is 1. The number of methoxy groups -OCH3 is 1. The molecule has 1 aliphatic carbocycles. The highest BCUT2D eigenvalue weighted by atomic mass is 16.5. The SMILES string of the molecule is CCCC1CCC(n2c(N)nc3ccc(OC)nc32)CC1. The predicted molar refractivity (Wildman–Crippen MR) is 84.4 cm³/mol. The summed E-state index contributed by atoms with van der Waals surface area (Å²) in [6.07, 6.45) is 7.52. The van der Waals surface area contributed by atoms with E-state index in [1.165, 1.54) is 38.5 Å². The molecule has 5 heteroatoms. The molecule has 0 unspecified atom stereocenters. The van der Waals surface area contributed by atoms with E-state index in [-0.39, 0.29) is 0 Å². The van der Waals surface area contributed by atoms with Crippen LogP contribution in [0, 0.1) is 5.92 Å². The molecule has 1 saturated carbocycles. The predicted octanol–water partition coefficient (Wildman–Crippen LogP) is 3.55. The van der Waals surface area contributed by atoms with Crippen LogP contribution in [0.1, 0.15) is 51.5 Å². The smallest absolute Gasteiger partial charge is 0.215 e. The third kappa shape index (κ3) is 2.69. The van der Waals surface area contributed by atoms with Crippen LogP contribution in [0.2, 0.25) is 0 Å². The van der Waals surface area contributed by atoms with Gasteiger partial charge in [0.2, 0.25) is 11.8 Å². The molecule has 5 nitrogen and oxygen atoms in total. The molecule has 0 bridgehead atoms. The van der Waals surface area contributed by atoms with Crippen molar-refractivity contribution in [2.75, 3.05) is 12.8 Å². The van der Waals surface area contributed by atoms with Crippen molar-refractivity contribution in [2.24, 2.45) is 5.92 Å². The van der Waals surface area contributed by atoms with Crippen molar-refractivity contribution in [1.82, 2.24) is 14.5 Å². The van der Waals surface area contributed by atoms with E-state index < -0.39 is 0 Å². The van der Waals surface area contributed by atoms with Crippen LogP contribution in [0.4, 0.5) is 5.95 Å². The molecule has 21 heavy (non-hydrogen) atoms. The Morgan fingerprint density at radius 2 is 2.00 bits per heavy atom. The topological polar surface area (TPSA) is 66.0 Å². The second kappa shape index (κ2) is 5.92. The molecule has 0 aliphatic heterocycles. The molecule has 0 amide bonds. The molecule has 0 atom stereocenters. The van der Waals surface area contributed by atoms with Crippen LogP contribution in [0.5, 0.6) is 5.88 Å². The minimum absolute atomic E-state index is 0.419. The summed E-state index contributed by atoms with van der Waals surface area (Å²) < 4.78 is 7.34. The maximum atomic E-state index is 6.14. The second-order valence-corrected chi connectivity index (χ2v) is 6.00. The van der Waals surface area contributed by atoms with E-state index in [9.17, 15) is 0 Å². The second-order valence-electron chi connectivity index (χ2n) is 6.00. The summed E-state index contributed by atoms with van der Waals surface area (Å²) in [7, 11) is 1.63. The number of rotatable bonds is 4. The van der Waals surface area contributed by atoms with E-state index >= 15 is 0 Å². The Balaban J connectivity index is 1.88. The summed E-state index contributed by atoms with van der Waals surface area (Å²) in [4.78, 5) is 8.99. The van der Waals surface area contributed by atoms with Crippen LogP contribution < -0.4 is 10.5 Å². The highest BCUT2D eigenvalue weighted by Gasteiger charge is 2.25. The van der Waals surface area contributed by atoms with Gasteiger partial charge in [0, 0.05) is 12.1 Å². The van der Waals surface area contributed by atoms with Crippen LogP contribution in [-0.4, -0.2) is 21.6 Å². The fourth-order valence-corrected chi connectivity index (χ4v) is 3.55. The highest BCUT2D eigenvalue weighted by molar-refractivity contribution is 5.75. The van der Waals surface area contributed by atoms with Gasteiger partial charge in [-0.2, -0.15) is 4.98 Å². The van der Waals surface area contributed by atoms with Gasteiger partial charge in [-0.05, 0) is 37.7 Å². The van der Waals surface area contributed by atoms with Crippen molar-refractivity contribution in [1.29, 1.82) is 0 Å². The maximum absolute atomic E-state index is 6.14. The first-order valence-corrected chi connectivity index (χ1v) is 7.91. The van der Waals surface area contributed by atoms with Gasteiger partial charge < -0.3 is 10.5 Å². The van der Waals surface area contributed by atoms with Gasteiger partial charge in [-0.25, -0.2) is 4.98 Å². The molecule has 2 heterocycles. The zero-order valence-electron chi connectivity index (χ0n) is 12.9. The number of hydrogen-bond donors (Lipinski definition) is 1. The molecule has 0 radical (unpaired) electrons. The fraction of sp³-hybridized carbons (Fsp3) is 0.625. The number of aromatic nitrogens is 3. The van der Waals surface area contributed by atoms with Crippen molar-refractivity contribution < 1.29 is 4.74 Å². The van der Waals surface area contributed by atoms with Gasteiger partial charge in [0.25, 0.3) is 0 Å². The molecule has 2 aromatic heterocycles. The summed E-state index contributed by atoms with van der Waals surface area (Å²) in [5, 5.41) is 0. The van der Waals surface area contributed by atoms with Crippen molar-refractivity contribution in [3.05, 3.63) is 12.1 Å². The molecular weight excluding hydrogens is 264 g/mol. The molecule has 3 rings (SSSR count). The monoisotopic (exact) mass is 288 g/mol. The van der Waals surface area contributed by atoms with E-state index in [0.717, 1.165) is 17.1 Å².